The summed E-state index contributed by atoms with van der Waals surface area (Å²) in [5.41, 5.74) is 1.01. The van der Waals surface area contributed by atoms with Crippen LogP contribution in [-0.2, 0) is 22.4 Å². The number of benzene rings is 1. The molecule has 0 spiro atoms. The third-order valence-electron chi connectivity index (χ3n) is 4.04. The molecule has 1 aliphatic rings. The van der Waals surface area contributed by atoms with Crippen LogP contribution >= 0.6 is 11.3 Å². The predicted octanol–water partition coefficient (Wildman–Crippen LogP) is 4.09. The van der Waals surface area contributed by atoms with Crippen LogP contribution in [0.1, 0.15) is 39.9 Å². The molecule has 1 atom stereocenters. The van der Waals surface area contributed by atoms with Crippen molar-refractivity contribution in [1.82, 2.24) is 0 Å². The highest BCUT2D eigenvalue weighted by Crippen LogP contribution is 2.30. The number of carbonyl (C=O) groups is 2. The number of nitrogens with one attached hydrogen (secondary N) is 1. The Kier molecular flexibility index (Phi) is 5.13. The van der Waals surface area contributed by atoms with Gasteiger partial charge in [-0.2, -0.15) is 0 Å². The molecule has 0 fully saturated rings. The molecule has 1 aromatic heterocycles. The Balaban J connectivity index is 1.62. The van der Waals surface area contributed by atoms with Gasteiger partial charge in [-0.3, -0.25) is 4.79 Å². The molecule has 0 unspecified atom stereocenters. The fourth-order valence-electron chi connectivity index (χ4n) is 2.69. The second-order valence-corrected chi connectivity index (χ2v) is 7.06. The van der Waals surface area contributed by atoms with Gasteiger partial charge in [0.2, 0.25) is 0 Å². The number of fused-ring (bicyclic) bond motifs is 1. The van der Waals surface area contributed by atoms with Crippen LogP contribution in [0, 0.1) is 11.6 Å². The number of aryl methyl sites for hydroxylation is 2. The lowest BCUT2D eigenvalue weighted by molar-refractivity contribution is -0.123. The van der Waals surface area contributed by atoms with Crippen molar-refractivity contribution in [3.8, 4) is 0 Å². The molecular weight excluding hydrogens is 348 g/mol. The highest BCUT2D eigenvalue weighted by Gasteiger charge is 2.23. The Morgan fingerprint density at radius 2 is 1.96 bits per heavy atom. The third-order valence-corrected chi connectivity index (χ3v) is 5.26. The largest absolute Gasteiger partial charge is 0.448 e. The first-order valence-corrected chi connectivity index (χ1v) is 8.84. The lowest BCUT2D eigenvalue weighted by atomic mass is 9.99. The van der Waals surface area contributed by atoms with E-state index in [1.807, 2.05) is 6.07 Å². The van der Waals surface area contributed by atoms with Crippen molar-refractivity contribution < 1.29 is 23.1 Å². The molecule has 132 valence electrons. The number of esters is 1. The van der Waals surface area contributed by atoms with Crippen LogP contribution in [0.3, 0.4) is 0 Å². The van der Waals surface area contributed by atoms with Gasteiger partial charge < -0.3 is 10.1 Å². The summed E-state index contributed by atoms with van der Waals surface area (Å²) in [6.45, 7) is 1.40. The van der Waals surface area contributed by atoms with Gasteiger partial charge in [0.15, 0.2) is 6.10 Å². The summed E-state index contributed by atoms with van der Waals surface area (Å²) in [6, 6.07) is 4.64. The molecule has 2 aromatic rings. The van der Waals surface area contributed by atoms with E-state index in [0.29, 0.717) is 10.9 Å². The van der Waals surface area contributed by atoms with Crippen LogP contribution in [0.2, 0.25) is 0 Å². The van der Waals surface area contributed by atoms with Gasteiger partial charge in [-0.05, 0) is 56.4 Å². The van der Waals surface area contributed by atoms with Gasteiger partial charge in [0.05, 0.1) is 5.69 Å². The van der Waals surface area contributed by atoms with Gasteiger partial charge in [0, 0.05) is 10.9 Å². The minimum atomic E-state index is -1.10. The lowest BCUT2D eigenvalue weighted by Crippen LogP contribution is -2.30. The second-order valence-electron chi connectivity index (χ2n) is 5.93. The first-order valence-electron chi connectivity index (χ1n) is 8.02. The molecule has 1 N–H and O–H groups in total. The third kappa shape index (κ3) is 4.04. The van der Waals surface area contributed by atoms with Crippen molar-refractivity contribution in [3.05, 3.63) is 51.2 Å². The average molecular weight is 365 g/mol. The summed E-state index contributed by atoms with van der Waals surface area (Å²) < 4.78 is 31.6. The van der Waals surface area contributed by atoms with E-state index in [1.54, 1.807) is 0 Å². The van der Waals surface area contributed by atoms with Crippen molar-refractivity contribution in [2.24, 2.45) is 0 Å². The van der Waals surface area contributed by atoms with E-state index in [9.17, 15) is 18.4 Å². The van der Waals surface area contributed by atoms with Gasteiger partial charge >= 0.3 is 5.97 Å². The van der Waals surface area contributed by atoms with E-state index in [-0.39, 0.29) is 5.69 Å². The minimum Gasteiger partial charge on any atom is -0.448 e. The first kappa shape index (κ1) is 17.5. The Bertz CT molecular complexity index is 795. The maximum atomic E-state index is 13.6. The molecule has 0 bridgehead atoms. The van der Waals surface area contributed by atoms with Crippen molar-refractivity contribution >= 4 is 28.9 Å². The molecule has 0 aliphatic heterocycles. The molecule has 0 saturated heterocycles. The molecule has 25 heavy (non-hydrogen) atoms. The number of carbonyl (C=O) groups excluding carboxylic acids is 2. The number of anilines is 1. The Hall–Kier alpha value is -2.28. The predicted molar refractivity (Wildman–Crippen MR) is 90.8 cm³/mol. The summed E-state index contributed by atoms with van der Waals surface area (Å²) in [5, 5.41) is 2.29. The van der Waals surface area contributed by atoms with Crippen LogP contribution in [0.25, 0.3) is 0 Å². The fraction of sp³-hybridized carbons (Fsp3) is 0.333. The highest BCUT2D eigenvalue weighted by atomic mass is 32.1. The van der Waals surface area contributed by atoms with Gasteiger partial charge in [0.1, 0.15) is 16.5 Å². The zero-order valence-electron chi connectivity index (χ0n) is 13.6. The number of ether oxygens (including phenoxy) is 1. The molecule has 1 heterocycles. The van der Waals surface area contributed by atoms with Crippen LogP contribution in [-0.4, -0.2) is 18.0 Å². The minimum absolute atomic E-state index is 0.166. The topological polar surface area (TPSA) is 55.4 Å². The van der Waals surface area contributed by atoms with Gasteiger partial charge in [0.25, 0.3) is 5.91 Å². The average Bonchev–Trinajstić information content (AvgIpc) is 3.01. The van der Waals surface area contributed by atoms with Crippen LogP contribution in [0.4, 0.5) is 14.5 Å². The summed E-state index contributed by atoms with van der Waals surface area (Å²) in [6.07, 6.45) is 3.05. The van der Waals surface area contributed by atoms with E-state index in [2.05, 4.69) is 5.32 Å². The molecule has 0 saturated carbocycles. The summed E-state index contributed by atoms with van der Waals surface area (Å²) in [7, 11) is 0. The maximum absolute atomic E-state index is 13.6. The molecule has 4 nitrogen and oxygen atoms in total. The Morgan fingerprint density at radius 1 is 1.20 bits per heavy atom. The van der Waals surface area contributed by atoms with Crippen LogP contribution in [0.15, 0.2) is 24.3 Å². The number of thiophene rings is 1. The molecule has 1 aliphatic carbocycles. The standard InChI is InChI=1S/C18H17F2NO3S/c1-10(17(22)21-14-7-6-12(19)9-13(14)20)24-18(23)16-8-11-4-2-3-5-15(11)25-16/h6-10H,2-5H2,1H3,(H,21,22)/t10-/m1/s1. The first-order chi connectivity index (χ1) is 11.9. The zero-order chi connectivity index (χ0) is 18.0. The maximum Gasteiger partial charge on any atom is 0.349 e. The monoisotopic (exact) mass is 365 g/mol. The number of hydrogen-bond donors (Lipinski definition) is 1. The number of amides is 1. The SMILES string of the molecule is C[C@@H](OC(=O)c1cc2c(s1)CCCC2)C(=O)Nc1ccc(F)cc1F. The van der Waals surface area contributed by atoms with Crippen LogP contribution < -0.4 is 5.32 Å². The van der Waals surface area contributed by atoms with Gasteiger partial charge in [-0.1, -0.05) is 0 Å². The van der Waals surface area contributed by atoms with E-state index >= 15 is 0 Å². The Labute approximate surface area is 147 Å². The summed E-state index contributed by atoms with van der Waals surface area (Å²) in [5.74, 6) is -2.88. The van der Waals surface area contributed by atoms with Crippen molar-refractivity contribution in [3.63, 3.8) is 0 Å². The van der Waals surface area contributed by atoms with Crippen molar-refractivity contribution in [1.29, 1.82) is 0 Å². The zero-order valence-corrected chi connectivity index (χ0v) is 14.4. The fourth-order valence-corrected chi connectivity index (χ4v) is 3.83. The molecule has 0 radical (unpaired) electrons. The number of halogens is 2. The molecular formula is C18H17F2NO3S. The van der Waals surface area contributed by atoms with E-state index in [0.717, 1.165) is 37.8 Å². The molecule has 1 aromatic carbocycles. The van der Waals surface area contributed by atoms with Gasteiger partial charge in [-0.25, -0.2) is 13.6 Å². The van der Waals surface area contributed by atoms with E-state index in [1.165, 1.54) is 28.7 Å². The molecule has 1 amide bonds. The quantitative estimate of drug-likeness (QED) is 0.831. The number of rotatable bonds is 4. The van der Waals surface area contributed by atoms with Gasteiger partial charge in [-0.15, -0.1) is 11.3 Å². The normalized spacial score (nSPS) is 14.5. The number of hydrogen-bond acceptors (Lipinski definition) is 4. The molecule has 3 rings (SSSR count). The second kappa shape index (κ2) is 7.31. The summed E-state index contributed by atoms with van der Waals surface area (Å²) in [4.78, 5) is 26.0. The summed E-state index contributed by atoms with van der Waals surface area (Å²) >= 11 is 1.40. The highest BCUT2D eigenvalue weighted by molar-refractivity contribution is 7.14. The van der Waals surface area contributed by atoms with Crippen LogP contribution in [0.5, 0.6) is 0 Å². The van der Waals surface area contributed by atoms with E-state index in [4.69, 9.17) is 4.74 Å². The van der Waals surface area contributed by atoms with Crippen molar-refractivity contribution in [2.75, 3.05) is 5.32 Å². The lowest BCUT2D eigenvalue weighted by Gasteiger charge is -2.13. The molecule has 7 heteroatoms. The smallest absolute Gasteiger partial charge is 0.349 e. The van der Waals surface area contributed by atoms with Crippen molar-refractivity contribution in [2.45, 2.75) is 38.7 Å². The van der Waals surface area contributed by atoms with E-state index < -0.39 is 29.6 Å². The Morgan fingerprint density at radius 3 is 2.68 bits per heavy atom.